The number of urea groups is 1. The lowest BCUT2D eigenvalue weighted by atomic mass is 10.0. The molecule has 0 fully saturated rings. The zero-order chi connectivity index (χ0) is 15.0. The number of unbranched alkanes of at least 4 members (excludes halogenated alkanes) is 1. The van der Waals surface area contributed by atoms with Crippen molar-refractivity contribution in [2.24, 2.45) is 5.92 Å². The van der Waals surface area contributed by atoms with E-state index in [1.54, 1.807) is 11.9 Å². The van der Waals surface area contributed by atoms with Crippen LogP contribution >= 0.6 is 0 Å². The van der Waals surface area contributed by atoms with Gasteiger partial charge in [0.25, 0.3) is 0 Å². The Morgan fingerprint density at radius 3 is 2.26 bits per heavy atom. The molecule has 112 valence electrons. The lowest BCUT2D eigenvalue weighted by Crippen LogP contribution is -2.49. The van der Waals surface area contributed by atoms with Crippen molar-refractivity contribution in [1.82, 2.24) is 10.2 Å². The number of carbonyl (C=O) groups is 2. The molecule has 1 unspecified atom stereocenters. The number of amides is 2. The molecular weight excluding hydrogens is 244 g/mol. The Bertz CT molecular complexity index is 292. The molecule has 0 aromatic carbocycles. The van der Waals surface area contributed by atoms with Crippen LogP contribution in [0.1, 0.15) is 53.4 Å². The van der Waals surface area contributed by atoms with Crippen LogP contribution in [0.5, 0.6) is 0 Å². The lowest BCUT2D eigenvalue weighted by Gasteiger charge is -2.28. The highest BCUT2D eigenvalue weighted by molar-refractivity contribution is 5.82. The van der Waals surface area contributed by atoms with Gasteiger partial charge in [-0.2, -0.15) is 0 Å². The van der Waals surface area contributed by atoms with E-state index in [2.05, 4.69) is 19.2 Å². The number of nitrogens with zero attached hydrogens (tertiary/aromatic N) is 1. The number of aliphatic carboxylic acids is 1. The zero-order valence-electron chi connectivity index (χ0n) is 12.8. The van der Waals surface area contributed by atoms with Gasteiger partial charge in [0.05, 0.1) is 0 Å². The Morgan fingerprint density at radius 2 is 1.84 bits per heavy atom. The highest BCUT2D eigenvalue weighted by Gasteiger charge is 2.23. The first kappa shape index (κ1) is 17.7. The van der Waals surface area contributed by atoms with E-state index in [9.17, 15) is 9.59 Å². The maximum atomic E-state index is 12.0. The maximum Gasteiger partial charge on any atom is 0.326 e. The van der Waals surface area contributed by atoms with Crippen molar-refractivity contribution in [2.45, 2.75) is 65.5 Å². The minimum Gasteiger partial charge on any atom is -0.480 e. The monoisotopic (exact) mass is 272 g/mol. The van der Waals surface area contributed by atoms with Crippen LogP contribution < -0.4 is 5.32 Å². The summed E-state index contributed by atoms with van der Waals surface area (Å²) in [6.07, 6.45) is 3.09. The third-order valence-corrected chi connectivity index (χ3v) is 3.24. The van der Waals surface area contributed by atoms with Gasteiger partial charge in [0.2, 0.25) is 0 Å². The van der Waals surface area contributed by atoms with Crippen molar-refractivity contribution < 1.29 is 14.7 Å². The van der Waals surface area contributed by atoms with Gasteiger partial charge < -0.3 is 15.3 Å². The van der Waals surface area contributed by atoms with Crippen LogP contribution in [0, 0.1) is 5.92 Å². The molecule has 0 saturated heterocycles. The summed E-state index contributed by atoms with van der Waals surface area (Å²) in [5, 5.41) is 11.7. The van der Waals surface area contributed by atoms with E-state index in [0.717, 1.165) is 19.3 Å². The molecule has 0 spiro atoms. The van der Waals surface area contributed by atoms with Crippen LogP contribution in [0.15, 0.2) is 0 Å². The molecule has 0 aromatic rings. The largest absolute Gasteiger partial charge is 0.480 e. The van der Waals surface area contributed by atoms with Crippen LogP contribution in [0.25, 0.3) is 0 Å². The molecule has 5 nitrogen and oxygen atoms in total. The molecule has 0 rings (SSSR count). The van der Waals surface area contributed by atoms with Gasteiger partial charge in [-0.3, -0.25) is 0 Å². The molecule has 2 atom stereocenters. The fraction of sp³-hybridized carbons (Fsp3) is 0.857. The number of carbonyl (C=O) groups excluding carboxylic acids is 1. The van der Waals surface area contributed by atoms with Gasteiger partial charge in [0.1, 0.15) is 6.04 Å². The van der Waals surface area contributed by atoms with Crippen LogP contribution in [-0.2, 0) is 4.79 Å². The van der Waals surface area contributed by atoms with Crippen molar-refractivity contribution in [2.75, 3.05) is 7.05 Å². The SMILES string of the molecule is CCCC[C@H](NC(=O)N(C)C(C)CC(C)C)C(=O)O. The standard InChI is InChI=1S/C14H28N2O3/c1-6-7-8-12(13(17)18)15-14(19)16(5)11(4)9-10(2)3/h10-12H,6-9H2,1-5H3,(H,15,19)(H,17,18)/t11?,12-/m0/s1. The van der Waals surface area contributed by atoms with Crippen LogP contribution in [0.4, 0.5) is 4.79 Å². The minimum atomic E-state index is -0.966. The van der Waals surface area contributed by atoms with Gasteiger partial charge in [0.15, 0.2) is 0 Å². The molecule has 19 heavy (non-hydrogen) atoms. The zero-order valence-corrected chi connectivity index (χ0v) is 12.8. The molecule has 0 bridgehead atoms. The van der Waals surface area contributed by atoms with Crippen LogP contribution in [-0.4, -0.2) is 41.1 Å². The summed E-state index contributed by atoms with van der Waals surface area (Å²) in [7, 11) is 1.71. The molecule has 0 aromatic heterocycles. The van der Waals surface area contributed by atoms with Crippen molar-refractivity contribution in [3.8, 4) is 0 Å². The Labute approximate surface area is 116 Å². The first-order valence-electron chi connectivity index (χ1n) is 7.05. The number of hydrogen-bond donors (Lipinski definition) is 2. The molecule has 0 heterocycles. The van der Waals surface area contributed by atoms with E-state index in [4.69, 9.17) is 5.11 Å². The van der Waals surface area contributed by atoms with Crippen molar-refractivity contribution in [3.05, 3.63) is 0 Å². The molecule has 2 N–H and O–H groups in total. The molecule has 2 amide bonds. The number of nitrogens with one attached hydrogen (secondary N) is 1. The quantitative estimate of drug-likeness (QED) is 0.713. The minimum absolute atomic E-state index is 0.0978. The first-order valence-corrected chi connectivity index (χ1v) is 7.05. The van der Waals surface area contributed by atoms with Gasteiger partial charge in [-0.15, -0.1) is 0 Å². The van der Waals surface area contributed by atoms with Gasteiger partial charge in [0, 0.05) is 13.1 Å². The van der Waals surface area contributed by atoms with Crippen molar-refractivity contribution >= 4 is 12.0 Å². The third-order valence-electron chi connectivity index (χ3n) is 3.24. The lowest BCUT2D eigenvalue weighted by molar-refractivity contribution is -0.139. The van der Waals surface area contributed by atoms with Crippen molar-refractivity contribution in [3.63, 3.8) is 0 Å². The summed E-state index contributed by atoms with van der Waals surface area (Å²) in [4.78, 5) is 24.7. The van der Waals surface area contributed by atoms with Crippen LogP contribution in [0.3, 0.4) is 0 Å². The Hall–Kier alpha value is -1.26. The Kier molecular flexibility index (Phi) is 8.19. The van der Waals surface area contributed by atoms with E-state index >= 15 is 0 Å². The van der Waals surface area contributed by atoms with Crippen molar-refractivity contribution in [1.29, 1.82) is 0 Å². The normalized spacial score (nSPS) is 14.0. The summed E-state index contributed by atoms with van der Waals surface area (Å²) in [6, 6.07) is -1.00. The average Bonchev–Trinajstić information content (AvgIpc) is 2.31. The number of carboxylic acids is 1. The summed E-state index contributed by atoms with van der Waals surface area (Å²) >= 11 is 0. The van der Waals surface area contributed by atoms with Gasteiger partial charge in [-0.1, -0.05) is 33.6 Å². The molecule has 0 saturated carbocycles. The first-order chi connectivity index (χ1) is 8.79. The van der Waals surface area contributed by atoms with E-state index in [0.29, 0.717) is 12.3 Å². The molecule has 0 aliphatic rings. The molecule has 0 aliphatic carbocycles. The molecule has 0 aliphatic heterocycles. The summed E-state index contributed by atoms with van der Waals surface area (Å²) in [5.41, 5.74) is 0. The second-order valence-electron chi connectivity index (χ2n) is 5.57. The van der Waals surface area contributed by atoms with E-state index in [1.807, 2.05) is 13.8 Å². The summed E-state index contributed by atoms with van der Waals surface area (Å²) < 4.78 is 0. The highest BCUT2D eigenvalue weighted by Crippen LogP contribution is 2.10. The predicted molar refractivity (Wildman–Crippen MR) is 76.2 cm³/mol. The van der Waals surface area contributed by atoms with Gasteiger partial charge in [-0.25, -0.2) is 9.59 Å². The summed E-state index contributed by atoms with van der Waals surface area (Å²) in [5.74, 6) is -0.465. The predicted octanol–water partition coefficient (Wildman–Crippen LogP) is 2.71. The Balaban J connectivity index is 4.41. The topological polar surface area (TPSA) is 69.6 Å². The fourth-order valence-corrected chi connectivity index (χ4v) is 1.96. The van der Waals surface area contributed by atoms with E-state index < -0.39 is 12.0 Å². The maximum absolute atomic E-state index is 12.0. The smallest absolute Gasteiger partial charge is 0.326 e. The summed E-state index contributed by atoms with van der Waals surface area (Å²) in [6.45, 7) is 8.17. The number of carboxylic acid groups (broad SMARTS) is 1. The third kappa shape index (κ3) is 7.03. The number of rotatable bonds is 8. The fourth-order valence-electron chi connectivity index (χ4n) is 1.96. The molecular formula is C14H28N2O3. The second-order valence-corrected chi connectivity index (χ2v) is 5.57. The average molecular weight is 272 g/mol. The molecule has 5 heteroatoms. The van der Waals surface area contributed by atoms with Crippen LogP contribution in [0.2, 0.25) is 0 Å². The van der Waals surface area contributed by atoms with E-state index in [-0.39, 0.29) is 12.1 Å². The highest BCUT2D eigenvalue weighted by atomic mass is 16.4. The van der Waals surface area contributed by atoms with E-state index in [1.165, 1.54) is 0 Å². The van der Waals surface area contributed by atoms with Gasteiger partial charge in [-0.05, 0) is 25.7 Å². The second kappa shape index (κ2) is 8.77. The Morgan fingerprint density at radius 1 is 1.26 bits per heavy atom. The molecule has 0 radical (unpaired) electrons. The number of hydrogen-bond acceptors (Lipinski definition) is 2. The van der Waals surface area contributed by atoms with Gasteiger partial charge >= 0.3 is 12.0 Å².